The van der Waals surface area contributed by atoms with Crippen LogP contribution in [0.2, 0.25) is 0 Å². The Morgan fingerprint density at radius 1 is 1.18 bits per heavy atom. The van der Waals surface area contributed by atoms with Gasteiger partial charge < -0.3 is 15.0 Å². The van der Waals surface area contributed by atoms with E-state index in [0.717, 1.165) is 17.7 Å². The van der Waals surface area contributed by atoms with Crippen LogP contribution in [0.1, 0.15) is 36.3 Å². The first-order valence-corrected chi connectivity index (χ1v) is 12.4. The van der Waals surface area contributed by atoms with E-state index in [0.29, 0.717) is 44.7 Å². The maximum absolute atomic E-state index is 13.8. The van der Waals surface area contributed by atoms with Crippen molar-refractivity contribution in [2.45, 2.75) is 43.7 Å². The fraction of sp³-hybridized carbons (Fsp3) is 0.500. The number of pyridine rings is 1. The molecule has 0 bridgehead atoms. The maximum atomic E-state index is 13.8. The highest BCUT2D eigenvalue weighted by molar-refractivity contribution is 7.10. The molecule has 0 unspecified atom stereocenters. The Kier molecular flexibility index (Phi) is 6.16. The van der Waals surface area contributed by atoms with Crippen LogP contribution in [0.25, 0.3) is 0 Å². The lowest BCUT2D eigenvalue weighted by Crippen LogP contribution is -2.54. The van der Waals surface area contributed by atoms with E-state index in [9.17, 15) is 14.4 Å². The van der Waals surface area contributed by atoms with Gasteiger partial charge in [-0.3, -0.25) is 19.5 Å². The molecule has 9 heteroatoms. The Hall–Kier alpha value is -2.78. The molecule has 4 amide bonds. The van der Waals surface area contributed by atoms with Crippen LogP contribution in [0.4, 0.5) is 4.79 Å². The smallest absolute Gasteiger partial charge is 0.325 e. The van der Waals surface area contributed by atoms with Crippen LogP contribution < -0.4 is 5.32 Å². The van der Waals surface area contributed by atoms with Crippen molar-refractivity contribution in [2.75, 3.05) is 26.2 Å². The number of ether oxygens (including phenoxy) is 1. The van der Waals surface area contributed by atoms with Gasteiger partial charge in [0.05, 0.1) is 24.8 Å². The molecule has 2 aromatic rings. The Labute approximate surface area is 196 Å². The highest BCUT2D eigenvalue weighted by Gasteiger charge is 2.58. The summed E-state index contributed by atoms with van der Waals surface area (Å²) in [5, 5.41) is 5.00. The topological polar surface area (TPSA) is 91.8 Å². The molecule has 2 atom stereocenters. The fourth-order valence-corrected chi connectivity index (χ4v) is 5.94. The fourth-order valence-electron chi connectivity index (χ4n) is 5.24. The number of imide groups is 1. The molecular formula is C24H28N4O4S. The first-order chi connectivity index (χ1) is 16.1. The second-order valence-electron chi connectivity index (χ2n) is 8.92. The lowest BCUT2D eigenvalue weighted by molar-refractivity contribution is -0.137. The van der Waals surface area contributed by atoms with Crippen LogP contribution in [0.15, 0.2) is 41.9 Å². The molecule has 3 aliphatic rings. The number of thiophene rings is 1. The van der Waals surface area contributed by atoms with Gasteiger partial charge in [0.1, 0.15) is 0 Å². The molecule has 0 aliphatic carbocycles. The van der Waals surface area contributed by atoms with Crippen LogP contribution in [0.5, 0.6) is 0 Å². The molecular weight excluding hydrogens is 440 g/mol. The van der Waals surface area contributed by atoms with E-state index in [4.69, 9.17) is 4.74 Å². The molecule has 1 N–H and O–H groups in total. The van der Waals surface area contributed by atoms with Gasteiger partial charge in [-0.05, 0) is 49.3 Å². The van der Waals surface area contributed by atoms with E-state index in [-0.39, 0.29) is 30.4 Å². The Morgan fingerprint density at radius 2 is 2.03 bits per heavy atom. The van der Waals surface area contributed by atoms with Crippen molar-refractivity contribution in [3.8, 4) is 0 Å². The number of likely N-dealkylation sites (tertiary alicyclic amines) is 1. The quantitative estimate of drug-likeness (QED) is 0.658. The minimum Gasteiger partial charge on any atom is -0.376 e. The Morgan fingerprint density at radius 3 is 2.70 bits per heavy atom. The highest BCUT2D eigenvalue weighted by atomic mass is 32.1. The Balaban J connectivity index is 1.35. The zero-order valence-electron chi connectivity index (χ0n) is 18.4. The van der Waals surface area contributed by atoms with Gasteiger partial charge in [0.15, 0.2) is 5.54 Å². The van der Waals surface area contributed by atoms with E-state index >= 15 is 0 Å². The number of aromatic nitrogens is 1. The van der Waals surface area contributed by atoms with Gasteiger partial charge in [0, 0.05) is 36.7 Å². The summed E-state index contributed by atoms with van der Waals surface area (Å²) in [6.07, 6.45) is 4.96. The lowest BCUT2D eigenvalue weighted by Gasteiger charge is -2.40. The zero-order chi connectivity index (χ0) is 22.8. The second-order valence-corrected chi connectivity index (χ2v) is 9.95. The number of nitrogens with one attached hydrogen (secondary N) is 1. The van der Waals surface area contributed by atoms with Gasteiger partial charge in [-0.15, -0.1) is 11.3 Å². The summed E-state index contributed by atoms with van der Waals surface area (Å²) < 4.78 is 5.68. The van der Waals surface area contributed by atoms with Crippen LogP contribution in [0, 0.1) is 5.92 Å². The average Bonchev–Trinajstić information content (AvgIpc) is 3.59. The minimum absolute atomic E-state index is 0.101. The van der Waals surface area contributed by atoms with Gasteiger partial charge in [-0.2, -0.15) is 0 Å². The summed E-state index contributed by atoms with van der Waals surface area (Å²) in [6.45, 7) is 2.03. The first-order valence-electron chi connectivity index (χ1n) is 11.6. The highest BCUT2D eigenvalue weighted by Crippen LogP contribution is 2.41. The third-order valence-corrected chi connectivity index (χ3v) is 7.85. The number of rotatable bonds is 6. The summed E-state index contributed by atoms with van der Waals surface area (Å²) in [5.41, 5.74) is -0.652. The molecule has 3 saturated heterocycles. The summed E-state index contributed by atoms with van der Waals surface area (Å²) in [4.78, 5) is 48.3. The van der Waals surface area contributed by atoms with E-state index in [1.54, 1.807) is 23.6 Å². The molecule has 0 radical (unpaired) electrons. The molecule has 2 aromatic heterocycles. The molecule has 0 aromatic carbocycles. The molecule has 8 nitrogen and oxygen atoms in total. The Bertz CT molecular complexity index is 1000. The number of nitrogens with zero attached hydrogens (tertiary/aromatic N) is 3. The number of urea groups is 1. The van der Waals surface area contributed by atoms with Gasteiger partial charge in [0.25, 0.3) is 5.91 Å². The van der Waals surface area contributed by atoms with Crippen LogP contribution in [-0.4, -0.2) is 65.0 Å². The van der Waals surface area contributed by atoms with Crippen molar-refractivity contribution < 1.29 is 19.1 Å². The van der Waals surface area contributed by atoms with E-state index in [2.05, 4.69) is 10.3 Å². The standard InChI is InChI=1S/C24H28N4O4S/c29-21(15-19-6-4-14-33-19)27-11-8-17(9-12-27)24(20-7-1-2-10-25-20)22(30)28(23(31)26-24)16-18-5-3-13-32-18/h1-2,4,6-7,10,14,17-18H,3,5,8-9,11-13,15-16H2,(H,26,31)/t18-,24+/m1/s1. The predicted octanol–water partition coefficient (Wildman–Crippen LogP) is 2.55. The van der Waals surface area contributed by atoms with Gasteiger partial charge in [-0.25, -0.2) is 4.79 Å². The monoisotopic (exact) mass is 468 g/mol. The summed E-state index contributed by atoms with van der Waals surface area (Å²) in [7, 11) is 0. The molecule has 3 aliphatic heterocycles. The maximum Gasteiger partial charge on any atom is 0.325 e. The largest absolute Gasteiger partial charge is 0.376 e. The minimum atomic E-state index is -1.21. The van der Waals surface area contributed by atoms with Crippen molar-refractivity contribution in [2.24, 2.45) is 5.92 Å². The van der Waals surface area contributed by atoms with Crippen LogP contribution in [0.3, 0.4) is 0 Å². The third kappa shape index (κ3) is 4.15. The molecule has 174 valence electrons. The van der Waals surface area contributed by atoms with Gasteiger partial charge in [-0.1, -0.05) is 12.1 Å². The zero-order valence-corrected chi connectivity index (χ0v) is 19.3. The second kappa shape index (κ2) is 9.23. The average molecular weight is 469 g/mol. The normalized spacial score (nSPS) is 26.1. The first kappa shape index (κ1) is 22.0. The molecule has 3 fully saturated rings. The molecule has 0 saturated carbocycles. The predicted molar refractivity (Wildman–Crippen MR) is 122 cm³/mol. The van der Waals surface area contributed by atoms with Crippen LogP contribution >= 0.6 is 11.3 Å². The van der Waals surface area contributed by atoms with Crippen molar-refractivity contribution in [3.05, 3.63) is 52.5 Å². The molecule has 5 rings (SSSR count). The summed E-state index contributed by atoms with van der Waals surface area (Å²) in [5.74, 6) is -0.307. The summed E-state index contributed by atoms with van der Waals surface area (Å²) >= 11 is 1.58. The van der Waals surface area contributed by atoms with Crippen molar-refractivity contribution in [1.29, 1.82) is 0 Å². The molecule has 5 heterocycles. The van der Waals surface area contributed by atoms with Crippen molar-refractivity contribution in [1.82, 2.24) is 20.1 Å². The number of hydrogen-bond acceptors (Lipinski definition) is 6. The summed E-state index contributed by atoms with van der Waals surface area (Å²) in [6, 6.07) is 8.98. The number of amides is 4. The van der Waals surface area contributed by atoms with E-state index < -0.39 is 11.6 Å². The van der Waals surface area contributed by atoms with E-state index in [1.807, 2.05) is 34.5 Å². The van der Waals surface area contributed by atoms with Crippen molar-refractivity contribution >= 4 is 29.2 Å². The molecule has 33 heavy (non-hydrogen) atoms. The van der Waals surface area contributed by atoms with Crippen molar-refractivity contribution in [3.63, 3.8) is 0 Å². The lowest BCUT2D eigenvalue weighted by atomic mass is 9.75. The van der Waals surface area contributed by atoms with Gasteiger partial charge >= 0.3 is 6.03 Å². The van der Waals surface area contributed by atoms with E-state index in [1.165, 1.54) is 4.90 Å². The van der Waals surface area contributed by atoms with Crippen LogP contribution in [-0.2, 0) is 26.3 Å². The number of carbonyl (C=O) groups is 3. The number of piperidine rings is 1. The number of carbonyl (C=O) groups excluding carboxylic acids is 3. The van der Waals surface area contributed by atoms with Gasteiger partial charge in [0.2, 0.25) is 5.91 Å². The number of hydrogen-bond donors (Lipinski definition) is 1. The SMILES string of the molecule is O=C(Cc1cccs1)N1CCC([C@@]2(c3ccccn3)NC(=O)N(C[C@H]3CCCO3)C2=O)CC1. The third-order valence-electron chi connectivity index (χ3n) is 6.98. The molecule has 0 spiro atoms.